The van der Waals surface area contributed by atoms with Gasteiger partial charge in [0, 0.05) is 14.1 Å². The van der Waals surface area contributed by atoms with E-state index in [1.807, 2.05) is 32.0 Å². The van der Waals surface area contributed by atoms with Gasteiger partial charge >= 0.3 is 0 Å². The van der Waals surface area contributed by atoms with E-state index in [4.69, 9.17) is 9.47 Å². The molecule has 0 heterocycles. The Kier molecular flexibility index (Phi) is 7.64. The standard InChI is InChI=1S/C21H28N2O5S/c1-15-6-7-19(14-16(15)2)28-17(3)21(24)22-12-13-27-18-8-10-20(11-9-18)29(25,26)23(4)5/h6-11,14,17H,12-13H2,1-5H3,(H,22,24)/t17-/m0/s1. The van der Waals surface area contributed by atoms with Gasteiger partial charge in [-0.05, 0) is 68.3 Å². The molecule has 0 unspecified atom stereocenters. The maximum absolute atomic E-state index is 12.2. The third-order valence-electron chi connectivity index (χ3n) is 4.43. The number of nitrogens with one attached hydrogen (secondary N) is 1. The van der Waals surface area contributed by atoms with Crippen molar-refractivity contribution in [2.45, 2.75) is 31.8 Å². The van der Waals surface area contributed by atoms with Crippen molar-refractivity contribution < 1.29 is 22.7 Å². The van der Waals surface area contributed by atoms with Crippen molar-refractivity contribution in [2.24, 2.45) is 0 Å². The van der Waals surface area contributed by atoms with Gasteiger partial charge in [-0.3, -0.25) is 4.79 Å². The average Bonchev–Trinajstić information content (AvgIpc) is 2.68. The summed E-state index contributed by atoms with van der Waals surface area (Å²) in [5.41, 5.74) is 2.27. The zero-order valence-electron chi connectivity index (χ0n) is 17.4. The highest BCUT2D eigenvalue weighted by Crippen LogP contribution is 2.19. The van der Waals surface area contributed by atoms with Crippen molar-refractivity contribution in [1.82, 2.24) is 9.62 Å². The molecule has 0 saturated heterocycles. The lowest BCUT2D eigenvalue weighted by Gasteiger charge is -2.16. The van der Waals surface area contributed by atoms with Crippen LogP contribution in [0.15, 0.2) is 47.4 Å². The number of hydrogen-bond acceptors (Lipinski definition) is 5. The molecule has 1 N–H and O–H groups in total. The van der Waals surface area contributed by atoms with E-state index < -0.39 is 16.1 Å². The Morgan fingerprint density at radius 3 is 2.24 bits per heavy atom. The second-order valence-electron chi connectivity index (χ2n) is 6.90. The van der Waals surface area contributed by atoms with Crippen LogP contribution in [0.25, 0.3) is 0 Å². The van der Waals surface area contributed by atoms with Crippen molar-refractivity contribution in [3.05, 3.63) is 53.6 Å². The first-order valence-corrected chi connectivity index (χ1v) is 10.7. The van der Waals surface area contributed by atoms with Crippen LogP contribution in [0.1, 0.15) is 18.1 Å². The smallest absolute Gasteiger partial charge is 0.260 e. The molecule has 158 valence electrons. The number of amides is 1. The molecule has 0 aromatic heterocycles. The molecule has 0 aliphatic rings. The fourth-order valence-corrected chi connectivity index (χ4v) is 3.35. The number of ether oxygens (including phenoxy) is 2. The molecule has 1 amide bonds. The molecule has 2 rings (SSSR count). The van der Waals surface area contributed by atoms with Gasteiger partial charge in [-0.25, -0.2) is 12.7 Å². The Morgan fingerprint density at radius 2 is 1.66 bits per heavy atom. The third kappa shape index (κ3) is 6.20. The minimum absolute atomic E-state index is 0.195. The quantitative estimate of drug-likeness (QED) is 0.630. The zero-order chi connectivity index (χ0) is 21.6. The Morgan fingerprint density at radius 1 is 1.03 bits per heavy atom. The van der Waals surface area contributed by atoms with E-state index in [1.54, 1.807) is 19.1 Å². The summed E-state index contributed by atoms with van der Waals surface area (Å²) in [6.07, 6.45) is -0.632. The van der Waals surface area contributed by atoms with Crippen LogP contribution >= 0.6 is 0 Å². The van der Waals surface area contributed by atoms with Gasteiger partial charge < -0.3 is 14.8 Å². The minimum Gasteiger partial charge on any atom is -0.492 e. The van der Waals surface area contributed by atoms with Gasteiger partial charge in [0.15, 0.2) is 6.10 Å². The predicted molar refractivity (Wildman–Crippen MR) is 112 cm³/mol. The maximum Gasteiger partial charge on any atom is 0.260 e. The van der Waals surface area contributed by atoms with Crippen LogP contribution in [-0.4, -0.2) is 52.0 Å². The second kappa shape index (κ2) is 9.76. The zero-order valence-corrected chi connectivity index (χ0v) is 18.2. The lowest BCUT2D eigenvalue weighted by Crippen LogP contribution is -2.38. The first kappa shape index (κ1) is 22.7. The number of carbonyl (C=O) groups excluding carboxylic acids is 1. The monoisotopic (exact) mass is 420 g/mol. The molecule has 2 aromatic carbocycles. The molecule has 29 heavy (non-hydrogen) atoms. The SMILES string of the molecule is Cc1ccc(O[C@@H](C)C(=O)NCCOc2ccc(S(=O)(=O)N(C)C)cc2)cc1C. The summed E-state index contributed by atoms with van der Waals surface area (Å²) in [4.78, 5) is 12.4. The summed E-state index contributed by atoms with van der Waals surface area (Å²) >= 11 is 0. The second-order valence-corrected chi connectivity index (χ2v) is 9.06. The highest BCUT2D eigenvalue weighted by atomic mass is 32.2. The highest BCUT2D eigenvalue weighted by Gasteiger charge is 2.17. The van der Waals surface area contributed by atoms with Crippen molar-refractivity contribution in [1.29, 1.82) is 0 Å². The minimum atomic E-state index is -3.46. The molecular formula is C21H28N2O5S. The molecule has 7 nitrogen and oxygen atoms in total. The predicted octanol–water partition coefficient (Wildman–Crippen LogP) is 2.52. The molecular weight excluding hydrogens is 392 g/mol. The summed E-state index contributed by atoms with van der Waals surface area (Å²) in [7, 11) is -0.505. The molecule has 0 bridgehead atoms. The number of carbonyl (C=O) groups is 1. The van der Waals surface area contributed by atoms with Gasteiger partial charge in [0.2, 0.25) is 10.0 Å². The van der Waals surface area contributed by atoms with Crippen molar-refractivity contribution in [2.75, 3.05) is 27.2 Å². The molecule has 8 heteroatoms. The summed E-state index contributed by atoms with van der Waals surface area (Å²) in [6, 6.07) is 11.9. The fraction of sp³-hybridized carbons (Fsp3) is 0.381. The summed E-state index contributed by atoms with van der Waals surface area (Å²) < 4.78 is 36.4. The van der Waals surface area contributed by atoms with E-state index in [0.717, 1.165) is 9.87 Å². The molecule has 0 spiro atoms. The number of benzene rings is 2. The fourth-order valence-electron chi connectivity index (χ4n) is 2.45. The summed E-state index contributed by atoms with van der Waals surface area (Å²) in [6.45, 7) is 6.26. The van der Waals surface area contributed by atoms with Gasteiger partial charge in [0.1, 0.15) is 18.1 Å². The largest absolute Gasteiger partial charge is 0.492 e. The molecule has 0 radical (unpaired) electrons. The van der Waals surface area contributed by atoms with E-state index in [-0.39, 0.29) is 17.4 Å². The van der Waals surface area contributed by atoms with Crippen molar-refractivity contribution in [3.8, 4) is 11.5 Å². The van der Waals surface area contributed by atoms with Crippen LogP contribution in [0.4, 0.5) is 0 Å². The normalized spacial score (nSPS) is 12.5. The first-order chi connectivity index (χ1) is 13.6. The van der Waals surface area contributed by atoms with Crippen LogP contribution in [0.5, 0.6) is 11.5 Å². The van der Waals surface area contributed by atoms with E-state index in [2.05, 4.69) is 5.32 Å². The Bertz CT molecular complexity index is 940. The van der Waals surface area contributed by atoms with Crippen molar-refractivity contribution >= 4 is 15.9 Å². The lowest BCUT2D eigenvalue weighted by atomic mass is 10.1. The van der Waals surface area contributed by atoms with E-state index in [1.165, 1.54) is 31.8 Å². The van der Waals surface area contributed by atoms with Crippen LogP contribution in [0.3, 0.4) is 0 Å². The van der Waals surface area contributed by atoms with Crippen LogP contribution < -0.4 is 14.8 Å². The topological polar surface area (TPSA) is 84.9 Å². The average molecular weight is 421 g/mol. The molecule has 0 saturated carbocycles. The molecule has 1 atom stereocenters. The number of nitrogens with zero attached hydrogens (tertiary/aromatic N) is 1. The maximum atomic E-state index is 12.2. The first-order valence-electron chi connectivity index (χ1n) is 9.28. The molecule has 0 aliphatic carbocycles. The molecule has 2 aromatic rings. The number of aryl methyl sites for hydroxylation is 2. The third-order valence-corrected chi connectivity index (χ3v) is 6.26. The number of hydrogen-bond donors (Lipinski definition) is 1. The Balaban J connectivity index is 1.78. The van der Waals surface area contributed by atoms with Crippen LogP contribution in [0, 0.1) is 13.8 Å². The van der Waals surface area contributed by atoms with Gasteiger partial charge in [0.05, 0.1) is 11.4 Å². The Labute approximate surface area is 172 Å². The number of sulfonamides is 1. The number of rotatable bonds is 9. The van der Waals surface area contributed by atoms with Gasteiger partial charge in [-0.1, -0.05) is 6.07 Å². The van der Waals surface area contributed by atoms with Crippen molar-refractivity contribution in [3.63, 3.8) is 0 Å². The van der Waals surface area contributed by atoms with Crippen LogP contribution in [-0.2, 0) is 14.8 Å². The summed E-state index contributed by atoms with van der Waals surface area (Å²) in [5, 5.41) is 2.76. The summed E-state index contributed by atoms with van der Waals surface area (Å²) in [5.74, 6) is 0.940. The van der Waals surface area contributed by atoms with E-state index >= 15 is 0 Å². The molecule has 0 fully saturated rings. The van der Waals surface area contributed by atoms with Gasteiger partial charge in [-0.2, -0.15) is 0 Å². The van der Waals surface area contributed by atoms with Gasteiger partial charge in [-0.15, -0.1) is 0 Å². The Hall–Kier alpha value is -2.58. The highest BCUT2D eigenvalue weighted by molar-refractivity contribution is 7.89. The van der Waals surface area contributed by atoms with E-state index in [0.29, 0.717) is 18.0 Å². The van der Waals surface area contributed by atoms with E-state index in [9.17, 15) is 13.2 Å². The van der Waals surface area contributed by atoms with Gasteiger partial charge in [0.25, 0.3) is 5.91 Å². The molecule has 0 aliphatic heterocycles. The van der Waals surface area contributed by atoms with Crippen LogP contribution in [0.2, 0.25) is 0 Å². The lowest BCUT2D eigenvalue weighted by molar-refractivity contribution is -0.127.